The highest BCUT2D eigenvalue weighted by Crippen LogP contribution is 2.26. The first-order valence-corrected chi connectivity index (χ1v) is 5.23. The van der Waals surface area contributed by atoms with E-state index in [-0.39, 0.29) is 5.79 Å². The standard InChI is InChI=1S/C11H22NO2/c1-10(2)9-12-7-5-11(13-3,14-4)6-8-12/h5-9H2,1-4H3. The minimum atomic E-state index is -0.321. The third-order valence-corrected chi connectivity index (χ3v) is 2.90. The van der Waals surface area contributed by atoms with Gasteiger partial charge in [-0.15, -0.1) is 0 Å². The maximum atomic E-state index is 5.43. The largest absolute Gasteiger partial charge is 0.353 e. The lowest BCUT2D eigenvalue weighted by molar-refractivity contribution is -0.228. The maximum absolute atomic E-state index is 5.43. The number of hydrogen-bond donors (Lipinski definition) is 0. The molecule has 0 aliphatic carbocycles. The van der Waals surface area contributed by atoms with E-state index < -0.39 is 0 Å². The van der Waals surface area contributed by atoms with Crippen molar-refractivity contribution < 1.29 is 9.47 Å². The fraction of sp³-hybridized carbons (Fsp3) is 0.909. The van der Waals surface area contributed by atoms with Crippen LogP contribution < -0.4 is 0 Å². The predicted molar refractivity (Wildman–Crippen MR) is 57.0 cm³/mol. The average molecular weight is 200 g/mol. The summed E-state index contributed by atoms with van der Waals surface area (Å²) in [5.74, 6) is 1.14. The van der Waals surface area contributed by atoms with E-state index in [1.165, 1.54) is 5.92 Å². The average Bonchev–Trinajstić information content (AvgIpc) is 2.19. The van der Waals surface area contributed by atoms with Gasteiger partial charge >= 0.3 is 0 Å². The molecule has 0 atom stereocenters. The van der Waals surface area contributed by atoms with E-state index in [0.717, 1.165) is 32.5 Å². The molecule has 0 aromatic carbocycles. The first-order valence-electron chi connectivity index (χ1n) is 5.23. The van der Waals surface area contributed by atoms with Crippen molar-refractivity contribution in [3.63, 3.8) is 0 Å². The van der Waals surface area contributed by atoms with Gasteiger partial charge in [0.05, 0.1) is 0 Å². The lowest BCUT2D eigenvalue weighted by Crippen LogP contribution is -2.47. The van der Waals surface area contributed by atoms with E-state index in [1.807, 2.05) is 0 Å². The number of likely N-dealkylation sites (tertiary alicyclic amines) is 1. The Hall–Kier alpha value is -0.120. The molecule has 1 fully saturated rings. The summed E-state index contributed by atoms with van der Waals surface area (Å²) in [5.41, 5.74) is 0. The molecule has 0 aromatic heterocycles. The van der Waals surface area contributed by atoms with Gasteiger partial charge in [-0.2, -0.15) is 0 Å². The van der Waals surface area contributed by atoms with E-state index in [0.29, 0.717) is 0 Å². The molecule has 0 amide bonds. The van der Waals surface area contributed by atoms with Crippen molar-refractivity contribution in [2.75, 3.05) is 33.9 Å². The first kappa shape index (κ1) is 12.0. The summed E-state index contributed by atoms with van der Waals surface area (Å²) < 4.78 is 10.9. The smallest absolute Gasteiger partial charge is 0.169 e. The molecule has 83 valence electrons. The van der Waals surface area contributed by atoms with Crippen LogP contribution in [0.25, 0.3) is 0 Å². The lowest BCUT2D eigenvalue weighted by atomic mass is 10.0. The first-order chi connectivity index (χ1) is 6.62. The van der Waals surface area contributed by atoms with Gasteiger partial charge in [0.2, 0.25) is 0 Å². The minimum Gasteiger partial charge on any atom is -0.353 e. The summed E-state index contributed by atoms with van der Waals surface area (Å²) in [7, 11) is 3.46. The van der Waals surface area contributed by atoms with Crippen molar-refractivity contribution in [3.8, 4) is 0 Å². The Labute approximate surface area is 87.4 Å². The van der Waals surface area contributed by atoms with Crippen molar-refractivity contribution in [2.24, 2.45) is 0 Å². The minimum absolute atomic E-state index is 0.321. The van der Waals surface area contributed by atoms with Crippen molar-refractivity contribution in [3.05, 3.63) is 5.92 Å². The second kappa shape index (κ2) is 5.10. The number of nitrogens with zero attached hydrogens (tertiary/aromatic N) is 1. The van der Waals surface area contributed by atoms with E-state index in [1.54, 1.807) is 14.2 Å². The van der Waals surface area contributed by atoms with Crippen LogP contribution in [0, 0.1) is 5.92 Å². The molecule has 14 heavy (non-hydrogen) atoms. The summed E-state index contributed by atoms with van der Waals surface area (Å²) in [6.45, 7) is 7.58. The molecule has 0 saturated carbocycles. The monoisotopic (exact) mass is 200 g/mol. The van der Waals surface area contributed by atoms with Gasteiger partial charge in [-0.3, -0.25) is 0 Å². The molecular weight excluding hydrogens is 178 g/mol. The van der Waals surface area contributed by atoms with Crippen LogP contribution in [0.2, 0.25) is 0 Å². The quantitative estimate of drug-likeness (QED) is 0.645. The van der Waals surface area contributed by atoms with Crippen molar-refractivity contribution >= 4 is 0 Å². The molecule has 1 radical (unpaired) electrons. The molecule has 0 aromatic rings. The third-order valence-electron chi connectivity index (χ3n) is 2.90. The van der Waals surface area contributed by atoms with Crippen LogP contribution in [0.3, 0.4) is 0 Å². The molecule has 3 heteroatoms. The van der Waals surface area contributed by atoms with Crippen molar-refractivity contribution in [1.29, 1.82) is 0 Å². The fourth-order valence-corrected chi connectivity index (χ4v) is 1.99. The van der Waals surface area contributed by atoms with Gasteiger partial charge in [0.15, 0.2) is 5.79 Å². The maximum Gasteiger partial charge on any atom is 0.169 e. The Morgan fingerprint density at radius 1 is 1.14 bits per heavy atom. The lowest BCUT2D eigenvalue weighted by Gasteiger charge is -2.40. The molecule has 3 nitrogen and oxygen atoms in total. The summed E-state index contributed by atoms with van der Waals surface area (Å²) >= 11 is 0. The van der Waals surface area contributed by atoms with Gasteiger partial charge in [-0.05, 0) is 5.92 Å². The van der Waals surface area contributed by atoms with Crippen LogP contribution >= 0.6 is 0 Å². The van der Waals surface area contributed by atoms with Crippen LogP contribution in [0.5, 0.6) is 0 Å². The highest BCUT2D eigenvalue weighted by atomic mass is 16.7. The van der Waals surface area contributed by atoms with Crippen LogP contribution in [0.15, 0.2) is 0 Å². The fourth-order valence-electron chi connectivity index (χ4n) is 1.99. The topological polar surface area (TPSA) is 21.7 Å². The molecule has 1 aliphatic heterocycles. The Kier molecular flexibility index (Phi) is 4.35. The van der Waals surface area contributed by atoms with Gasteiger partial charge in [0.25, 0.3) is 0 Å². The van der Waals surface area contributed by atoms with Gasteiger partial charge in [0, 0.05) is 46.7 Å². The van der Waals surface area contributed by atoms with E-state index in [2.05, 4.69) is 18.7 Å². The Morgan fingerprint density at radius 3 is 2.00 bits per heavy atom. The molecule has 0 unspecified atom stereocenters. The molecule has 0 N–H and O–H groups in total. The van der Waals surface area contributed by atoms with Crippen LogP contribution in [-0.4, -0.2) is 44.5 Å². The van der Waals surface area contributed by atoms with Gasteiger partial charge < -0.3 is 14.4 Å². The number of rotatable bonds is 4. The van der Waals surface area contributed by atoms with Gasteiger partial charge in [-0.1, -0.05) is 13.8 Å². The number of ether oxygens (including phenoxy) is 2. The second-order valence-corrected chi connectivity index (χ2v) is 4.30. The zero-order valence-corrected chi connectivity index (χ0v) is 9.80. The van der Waals surface area contributed by atoms with Crippen LogP contribution in [-0.2, 0) is 9.47 Å². The van der Waals surface area contributed by atoms with E-state index >= 15 is 0 Å². The predicted octanol–water partition coefficient (Wildman–Crippen LogP) is 1.69. The molecule has 1 rings (SSSR count). The van der Waals surface area contributed by atoms with Gasteiger partial charge in [0.1, 0.15) is 0 Å². The number of piperidine rings is 1. The zero-order valence-electron chi connectivity index (χ0n) is 9.80. The summed E-state index contributed by atoms with van der Waals surface area (Å²) in [4.78, 5) is 2.45. The van der Waals surface area contributed by atoms with Crippen molar-refractivity contribution in [2.45, 2.75) is 32.5 Å². The number of methoxy groups -OCH3 is 2. The molecule has 1 aliphatic rings. The molecular formula is C11H22NO2. The summed E-state index contributed by atoms with van der Waals surface area (Å²) in [6, 6.07) is 0. The summed E-state index contributed by atoms with van der Waals surface area (Å²) in [6.07, 6.45) is 1.93. The number of hydrogen-bond acceptors (Lipinski definition) is 3. The molecule has 1 heterocycles. The van der Waals surface area contributed by atoms with Gasteiger partial charge in [-0.25, -0.2) is 0 Å². The summed E-state index contributed by atoms with van der Waals surface area (Å²) in [5, 5.41) is 0. The Balaban J connectivity index is 2.37. The van der Waals surface area contributed by atoms with Crippen LogP contribution in [0.1, 0.15) is 26.7 Å². The Bertz CT molecular complexity index is 157. The van der Waals surface area contributed by atoms with Crippen LogP contribution in [0.4, 0.5) is 0 Å². The highest BCUT2D eigenvalue weighted by Gasteiger charge is 2.34. The molecule has 0 bridgehead atoms. The normalized spacial score (nSPS) is 22.9. The van der Waals surface area contributed by atoms with E-state index in [9.17, 15) is 0 Å². The third kappa shape index (κ3) is 2.94. The highest BCUT2D eigenvalue weighted by molar-refractivity contribution is 4.86. The molecule has 0 spiro atoms. The van der Waals surface area contributed by atoms with E-state index in [4.69, 9.17) is 9.47 Å². The Morgan fingerprint density at radius 2 is 1.64 bits per heavy atom. The SMILES string of the molecule is COC1(OC)CCN(C[C](C)C)CC1. The molecule has 1 saturated heterocycles. The second-order valence-electron chi connectivity index (χ2n) is 4.30. The zero-order chi connectivity index (χ0) is 10.6. The van der Waals surface area contributed by atoms with Crippen molar-refractivity contribution in [1.82, 2.24) is 4.90 Å².